The first-order chi connectivity index (χ1) is 21.7. The van der Waals surface area contributed by atoms with Crippen LogP contribution in [0.1, 0.15) is 49.4 Å². The number of hydrogen-bond acceptors (Lipinski definition) is 6. The molecule has 1 N–H and O–H groups in total. The molecule has 45 heavy (non-hydrogen) atoms. The summed E-state index contributed by atoms with van der Waals surface area (Å²) in [6.07, 6.45) is 1.67. The molecule has 1 atom stereocenters. The van der Waals surface area contributed by atoms with Gasteiger partial charge in [-0.25, -0.2) is 9.59 Å². The third-order valence-electron chi connectivity index (χ3n) is 7.85. The second-order valence-corrected chi connectivity index (χ2v) is 12.1. The average Bonchev–Trinajstić information content (AvgIpc) is 3.43. The van der Waals surface area contributed by atoms with E-state index in [-0.39, 0.29) is 6.42 Å². The third kappa shape index (κ3) is 7.20. The van der Waals surface area contributed by atoms with Crippen molar-refractivity contribution in [2.75, 3.05) is 13.8 Å². The van der Waals surface area contributed by atoms with Gasteiger partial charge in [-0.15, -0.1) is 0 Å². The van der Waals surface area contributed by atoms with Crippen molar-refractivity contribution < 1.29 is 19.1 Å². The van der Waals surface area contributed by atoms with Crippen LogP contribution in [-0.2, 0) is 26.4 Å². The fraction of sp³-hybridized carbons (Fsp3) is 0.263. The predicted octanol–water partition coefficient (Wildman–Crippen LogP) is 7.05. The quantitative estimate of drug-likeness (QED) is 0.155. The van der Waals surface area contributed by atoms with Gasteiger partial charge in [-0.05, 0) is 43.0 Å². The topological polar surface area (TPSA) is 71.1 Å². The Morgan fingerprint density at radius 2 is 1.22 bits per heavy atom. The van der Waals surface area contributed by atoms with Crippen molar-refractivity contribution in [2.24, 2.45) is 0 Å². The van der Waals surface area contributed by atoms with Crippen molar-refractivity contribution >= 4 is 12.1 Å². The van der Waals surface area contributed by atoms with E-state index >= 15 is 0 Å². The molecule has 0 aliphatic carbocycles. The molecule has 7 heteroatoms. The first-order valence-electron chi connectivity index (χ1n) is 15.2. The molecule has 0 fully saturated rings. The minimum Gasteiger partial charge on any atom is -0.467 e. The number of hydrogen-bond donors (Lipinski definition) is 1. The lowest BCUT2D eigenvalue weighted by atomic mass is 9.76. The van der Waals surface area contributed by atoms with Crippen LogP contribution in [0.2, 0.25) is 0 Å². The van der Waals surface area contributed by atoms with Gasteiger partial charge in [0.1, 0.15) is 17.2 Å². The number of amides is 1. The van der Waals surface area contributed by atoms with E-state index in [1.807, 2.05) is 36.4 Å². The van der Waals surface area contributed by atoms with Crippen LogP contribution in [0.3, 0.4) is 0 Å². The summed E-state index contributed by atoms with van der Waals surface area (Å²) < 4.78 is 10.6. The maximum atomic E-state index is 13.1. The molecule has 4 aromatic carbocycles. The van der Waals surface area contributed by atoms with E-state index in [1.165, 1.54) is 7.11 Å². The molecule has 0 radical (unpaired) electrons. The minimum atomic E-state index is -0.950. The molecule has 0 unspecified atom stereocenters. The first-order valence-corrected chi connectivity index (χ1v) is 15.2. The monoisotopic (exact) mass is 603 g/mol. The SMILES string of the molecule is COC(=O)[C@H](CC1=CN(C(c2ccccc2)(c2ccccc2)c2ccccc2)CN1Cc1ccccc1)NC(=O)OC(C)(C)C. The molecule has 1 aliphatic rings. The number of nitrogens with zero attached hydrogens (tertiary/aromatic N) is 2. The van der Waals surface area contributed by atoms with Crippen molar-refractivity contribution in [3.8, 4) is 0 Å². The number of benzene rings is 4. The largest absolute Gasteiger partial charge is 0.467 e. The maximum absolute atomic E-state index is 13.1. The number of ether oxygens (including phenoxy) is 2. The van der Waals surface area contributed by atoms with E-state index in [1.54, 1.807) is 20.8 Å². The van der Waals surface area contributed by atoms with Crippen LogP contribution in [0, 0.1) is 0 Å². The molecule has 1 amide bonds. The van der Waals surface area contributed by atoms with Gasteiger partial charge in [0.2, 0.25) is 0 Å². The summed E-state index contributed by atoms with van der Waals surface area (Å²) >= 11 is 0. The van der Waals surface area contributed by atoms with E-state index in [2.05, 4.69) is 106 Å². The number of rotatable bonds is 10. The lowest BCUT2D eigenvalue weighted by Gasteiger charge is -2.44. The van der Waals surface area contributed by atoms with E-state index < -0.39 is 29.2 Å². The molecule has 7 nitrogen and oxygen atoms in total. The lowest BCUT2D eigenvalue weighted by molar-refractivity contribution is -0.143. The Hall–Kier alpha value is -5.04. The average molecular weight is 604 g/mol. The van der Waals surface area contributed by atoms with Gasteiger partial charge in [-0.2, -0.15) is 0 Å². The molecular weight excluding hydrogens is 562 g/mol. The van der Waals surface area contributed by atoms with Gasteiger partial charge in [-0.1, -0.05) is 121 Å². The number of carbonyl (C=O) groups is 2. The highest BCUT2D eigenvalue weighted by Gasteiger charge is 2.44. The van der Waals surface area contributed by atoms with Gasteiger partial charge in [0.25, 0.3) is 0 Å². The van der Waals surface area contributed by atoms with Gasteiger partial charge < -0.3 is 24.6 Å². The van der Waals surface area contributed by atoms with Gasteiger partial charge in [-0.3, -0.25) is 0 Å². The summed E-state index contributed by atoms with van der Waals surface area (Å²) in [5.41, 5.74) is 3.93. The molecule has 0 saturated heterocycles. The number of alkyl carbamates (subject to hydrolysis) is 1. The second kappa shape index (κ2) is 13.7. The van der Waals surface area contributed by atoms with Crippen molar-refractivity contribution in [3.63, 3.8) is 0 Å². The van der Waals surface area contributed by atoms with E-state index in [0.717, 1.165) is 28.0 Å². The van der Waals surface area contributed by atoms with Crippen LogP contribution in [0.15, 0.2) is 133 Å². The molecule has 1 aliphatic heterocycles. The fourth-order valence-corrected chi connectivity index (χ4v) is 5.95. The Morgan fingerprint density at radius 3 is 1.67 bits per heavy atom. The van der Waals surface area contributed by atoms with Gasteiger partial charge in [0, 0.05) is 24.9 Å². The van der Waals surface area contributed by atoms with Crippen LogP contribution in [0.25, 0.3) is 0 Å². The smallest absolute Gasteiger partial charge is 0.408 e. The second-order valence-electron chi connectivity index (χ2n) is 12.1. The van der Waals surface area contributed by atoms with Gasteiger partial charge in [0.15, 0.2) is 0 Å². The molecule has 0 spiro atoms. The Balaban J connectivity index is 1.64. The Morgan fingerprint density at radius 1 is 0.756 bits per heavy atom. The van der Waals surface area contributed by atoms with E-state index in [4.69, 9.17) is 9.47 Å². The van der Waals surface area contributed by atoms with Crippen LogP contribution >= 0.6 is 0 Å². The molecule has 4 aromatic rings. The Kier molecular flexibility index (Phi) is 9.57. The summed E-state index contributed by atoms with van der Waals surface area (Å²) in [5, 5.41) is 2.76. The number of carbonyl (C=O) groups excluding carboxylic acids is 2. The zero-order valence-electron chi connectivity index (χ0n) is 26.4. The normalized spacial score (nSPS) is 14.0. The highest BCUT2D eigenvalue weighted by atomic mass is 16.6. The van der Waals surface area contributed by atoms with Crippen LogP contribution in [0.5, 0.6) is 0 Å². The van der Waals surface area contributed by atoms with Crippen LogP contribution in [0.4, 0.5) is 4.79 Å². The van der Waals surface area contributed by atoms with Crippen LogP contribution in [-0.4, -0.2) is 47.3 Å². The van der Waals surface area contributed by atoms with Gasteiger partial charge in [0.05, 0.1) is 13.8 Å². The summed E-state index contributed by atoms with van der Waals surface area (Å²) in [7, 11) is 1.33. The molecule has 0 aromatic heterocycles. The molecule has 0 saturated carbocycles. The van der Waals surface area contributed by atoms with E-state index in [9.17, 15) is 9.59 Å². The number of nitrogens with one attached hydrogen (secondary N) is 1. The van der Waals surface area contributed by atoms with E-state index in [0.29, 0.717) is 13.2 Å². The van der Waals surface area contributed by atoms with Crippen molar-refractivity contribution in [1.29, 1.82) is 0 Å². The molecular formula is C38H41N3O4. The third-order valence-corrected chi connectivity index (χ3v) is 7.85. The Bertz CT molecular complexity index is 1490. The van der Waals surface area contributed by atoms with Crippen molar-refractivity contribution in [2.45, 2.75) is 50.9 Å². The standard InChI is InChI=1S/C38H41N3O4/c1-37(2,3)45-36(43)39-34(35(42)44-4)25-33-27-41(28-40(33)26-29-17-9-5-10-18-29)38(30-19-11-6-12-20-30,31-21-13-7-14-22-31)32-23-15-8-16-24-32/h5-24,27,34H,25-26,28H2,1-4H3,(H,39,43)/t34-/m0/s1. The summed E-state index contributed by atoms with van der Waals surface area (Å²) in [6.45, 7) is 6.50. The van der Waals surface area contributed by atoms with Crippen LogP contribution < -0.4 is 5.32 Å². The number of esters is 1. The highest BCUT2D eigenvalue weighted by molar-refractivity contribution is 5.81. The maximum Gasteiger partial charge on any atom is 0.408 e. The first kappa shape index (κ1) is 31.4. The predicted molar refractivity (Wildman–Crippen MR) is 176 cm³/mol. The molecule has 0 bridgehead atoms. The van der Waals surface area contributed by atoms with Crippen molar-refractivity contribution in [3.05, 3.63) is 155 Å². The van der Waals surface area contributed by atoms with Gasteiger partial charge >= 0.3 is 12.1 Å². The van der Waals surface area contributed by atoms with Crippen molar-refractivity contribution in [1.82, 2.24) is 15.1 Å². The Labute approximate surface area is 266 Å². The molecule has 232 valence electrons. The summed E-state index contributed by atoms with van der Waals surface area (Å²) in [4.78, 5) is 30.5. The zero-order chi connectivity index (χ0) is 31.9. The number of methoxy groups -OCH3 is 1. The highest BCUT2D eigenvalue weighted by Crippen LogP contribution is 2.45. The molecule has 5 rings (SSSR count). The molecule has 1 heterocycles. The fourth-order valence-electron chi connectivity index (χ4n) is 5.95. The minimum absolute atomic E-state index is 0.212. The summed E-state index contributed by atoms with van der Waals surface area (Å²) in [6, 6.07) is 40.7. The zero-order valence-corrected chi connectivity index (χ0v) is 26.4. The summed E-state index contributed by atoms with van der Waals surface area (Å²) in [5.74, 6) is -0.541. The lowest BCUT2D eigenvalue weighted by Crippen LogP contribution is -2.46.